The van der Waals surface area contributed by atoms with Crippen LogP contribution in [0.5, 0.6) is 5.75 Å². The van der Waals surface area contributed by atoms with E-state index in [2.05, 4.69) is 36.3 Å². The monoisotopic (exact) mass is 260 g/mol. The molecule has 0 atom stereocenters. The van der Waals surface area contributed by atoms with E-state index in [-0.39, 0.29) is 0 Å². The molecule has 0 fully saturated rings. The van der Waals surface area contributed by atoms with Crippen molar-refractivity contribution in [3.05, 3.63) is 41.7 Å². The Morgan fingerprint density at radius 3 is 2.89 bits per heavy atom. The van der Waals surface area contributed by atoms with Gasteiger partial charge in [0.15, 0.2) is 0 Å². The van der Waals surface area contributed by atoms with Gasteiger partial charge in [0, 0.05) is 12.7 Å². The number of rotatable bonds is 6. The van der Waals surface area contributed by atoms with E-state index >= 15 is 0 Å². The Morgan fingerprint density at radius 2 is 2.21 bits per heavy atom. The van der Waals surface area contributed by atoms with E-state index in [1.807, 2.05) is 18.3 Å². The van der Waals surface area contributed by atoms with E-state index in [1.54, 1.807) is 4.68 Å². The van der Waals surface area contributed by atoms with Crippen molar-refractivity contribution in [3.8, 4) is 5.75 Å². The standard InChI is InChI=1S/C14H20N4O/c1-11(2)12-4-3-5-14(8-12)19-7-6-18-10-13(9-15)16-17-18/h3-5,8,10-11H,6-7,9,15H2,1-2H3. The predicted molar refractivity (Wildman–Crippen MR) is 73.9 cm³/mol. The van der Waals surface area contributed by atoms with Gasteiger partial charge >= 0.3 is 0 Å². The van der Waals surface area contributed by atoms with Crippen LogP contribution in [-0.2, 0) is 13.1 Å². The molecule has 1 heterocycles. The maximum absolute atomic E-state index is 5.72. The third-order valence-electron chi connectivity index (χ3n) is 2.91. The Bertz CT molecular complexity index is 522. The van der Waals surface area contributed by atoms with Crippen molar-refractivity contribution >= 4 is 0 Å². The molecule has 0 aliphatic heterocycles. The molecule has 0 aliphatic rings. The molecule has 0 saturated heterocycles. The molecule has 1 aromatic heterocycles. The molecule has 5 nitrogen and oxygen atoms in total. The number of hydrogen-bond donors (Lipinski definition) is 1. The summed E-state index contributed by atoms with van der Waals surface area (Å²) in [7, 11) is 0. The quantitative estimate of drug-likeness (QED) is 0.862. The smallest absolute Gasteiger partial charge is 0.119 e. The van der Waals surface area contributed by atoms with Crippen LogP contribution in [-0.4, -0.2) is 21.6 Å². The fourth-order valence-electron chi connectivity index (χ4n) is 1.76. The Kier molecular flexibility index (Phi) is 4.52. The van der Waals surface area contributed by atoms with Gasteiger partial charge in [-0.2, -0.15) is 0 Å². The van der Waals surface area contributed by atoms with Gasteiger partial charge < -0.3 is 10.5 Å². The highest BCUT2D eigenvalue weighted by Gasteiger charge is 2.02. The van der Waals surface area contributed by atoms with Gasteiger partial charge in [-0.1, -0.05) is 31.2 Å². The summed E-state index contributed by atoms with van der Waals surface area (Å²) in [5.41, 5.74) is 7.56. The van der Waals surface area contributed by atoms with Crippen LogP contribution in [0.4, 0.5) is 0 Å². The molecule has 5 heteroatoms. The van der Waals surface area contributed by atoms with E-state index in [4.69, 9.17) is 10.5 Å². The van der Waals surface area contributed by atoms with Crippen LogP contribution < -0.4 is 10.5 Å². The van der Waals surface area contributed by atoms with Crippen LogP contribution >= 0.6 is 0 Å². The lowest BCUT2D eigenvalue weighted by molar-refractivity contribution is 0.289. The van der Waals surface area contributed by atoms with Gasteiger partial charge in [0.05, 0.1) is 12.2 Å². The molecule has 2 N–H and O–H groups in total. The molecule has 2 rings (SSSR count). The zero-order valence-electron chi connectivity index (χ0n) is 11.4. The number of hydrogen-bond acceptors (Lipinski definition) is 4. The molecule has 102 valence electrons. The summed E-state index contributed by atoms with van der Waals surface area (Å²) in [5, 5.41) is 7.90. The summed E-state index contributed by atoms with van der Waals surface area (Å²) in [4.78, 5) is 0. The second-order valence-corrected chi connectivity index (χ2v) is 4.75. The first-order valence-corrected chi connectivity index (χ1v) is 6.51. The Balaban J connectivity index is 1.86. The Hall–Kier alpha value is -1.88. The van der Waals surface area contributed by atoms with Crippen LogP contribution in [0.2, 0.25) is 0 Å². The average Bonchev–Trinajstić information content (AvgIpc) is 2.87. The van der Waals surface area contributed by atoms with Crippen molar-refractivity contribution in [2.45, 2.75) is 32.9 Å². The van der Waals surface area contributed by atoms with Gasteiger partial charge in [0.1, 0.15) is 12.4 Å². The minimum absolute atomic E-state index is 0.414. The number of nitrogens with zero attached hydrogens (tertiary/aromatic N) is 3. The van der Waals surface area contributed by atoms with E-state index in [9.17, 15) is 0 Å². The highest BCUT2D eigenvalue weighted by atomic mass is 16.5. The van der Waals surface area contributed by atoms with Crippen molar-refractivity contribution in [1.82, 2.24) is 15.0 Å². The molecular weight excluding hydrogens is 240 g/mol. The third-order valence-corrected chi connectivity index (χ3v) is 2.91. The van der Waals surface area contributed by atoms with Crippen LogP contribution in [0.15, 0.2) is 30.5 Å². The van der Waals surface area contributed by atoms with Crippen molar-refractivity contribution in [3.63, 3.8) is 0 Å². The van der Waals surface area contributed by atoms with Crippen molar-refractivity contribution < 1.29 is 4.74 Å². The van der Waals surface area contributed by atoms with Crippen LogP contribution in [0.25, 0.3) is 0 Å². The molecule has 0 radical (unpaired) electrons. The second-order valence-electron chi connectivity index (χ2n) is 4.75. The molecule has 0 saturated carbocycles. The summed E-state index contributed by atoms with van der Waals surface area (Å²) >= 11 is 0. The zero-order valence-corrected chi connectivity index (χ0v) is 11.4. The van der Waals surface area contributed by atoms with E-state index in [0.29, 0.717) is 25.6 Å². The van der Waals surface area contributed by atoms with Gasteiger partial charge in [-0.15, -0.1) is 5.10 Å². The van der Waals surface area contributed by atoms with Crippen molar-refractivity contribution in [2.24, 2.45) is 5.73 Å². The first kappa shape index (κ1) is 13.5. The fraction of sp³-hybridized carbons (Fsp3) is 0.429. The van der Waals surface area contributed by atoms with E-state index in [0.717, 1.165) is 11.4 Å². The summed E-state index contributed by atoms with van der Waals surface area (Å²) in [6, 6.07) is 8.19. The number of benzene rings is 1. The summed E-state index contributed by atoms with van der Waals surface area (Å²) in [6.07, 6.45) is 1.84. The lowest BCUT2D eigenvalue weighted by atomic mass is 10.0. The first-order chi connectivity index (χ1) is 9.19. The largest absolute Gasteiger partial charge is 0.492 e. The SMILES string of the molecule is CC(C)c1cccc(OCCn2cc(CN)nn2)c1. The van der Waals surface area contributed by atoms with Gasteiger partial charge in [-0.3, -0.25) is 0 Å². The topological polar surface area (TPSA) is 66.0 Å². The van der Waals surface area contributed by atoms with E-state index in [1.165, 1.54) is 5.56 Å². The van der Waals surface area contributed by atoms with Crippen molar-refractivity contribution in [2.75, 3.05) is 6.61 Å². The zero-order chi connectivity index (χ0) is 13.7. The van der Waals surface area contributed by atoms with E-state index < -0.39 is 0 Å². The molecule has 1 aromatic carbocycles. The minimum Gasteiger partial charge on any atom is -0.492 e. The Morgan fingerprint density at radius 1 is 1.37 bits per heavy atom. The molecule has 0 aliphatic carbocycles. The first-order valence-electron chi connectivity index (χ1n) is 6.51. The number of nitrogens with two attached hydrogens (primary N) is 1. The average molecular weight is 260 g/mol. The lowest BCUT2D eigenvalue weighted by Crippen LogP contribution is -2.09. The maximum Gasteiger partial charge on any atom is 0.119 e. The number of ether oxygens (including phenoxy) is 1. The molecule has 2 aromatic rings. The summed E-state index contributed by atoms with van der Waals surface area (Å²) < 4.78 is 7.47. The van der Waals surface area contributed by atoms with Gasteiger partial charge in [-0.25, -0.2) is 4.68 Å². The molecule has 0 amide bonds. The molecule has 0 bridgehead atoms. The normalized spacial score (nSPS) is 10.9. The van der Waals surface area contributed by atoms with Crippen LogP contribution in [0.1, 0.15) is 31.0 Å². The summed E-state index contributed by atoms with van der Waals surface area (Å²) in [6.45, 7) is 5.98. The molecule has 19 heavy (non-hydrogen) atoms. The minimum atomic E-state index is 0.414. The Labute approximate surface area is 113 Å². The highest BCUT2D eigenvalue weighted by Crippen LogP contribution is 2.19. The van der Waals surface area contributed by atoms with Gasteiger partial charge in [0.2, 0.25) is 0 Å². The van der Waals surface area contributed by atoms with Gasteiger partial charge in [-0.05, 0) is 23.6 Å². The third kappa shape index (κ3) is 3.79. The maximum atomic E-state index is 5.72. The van der Waals surface area contributed by atoms with Crippen LogP contribution in [0, 0.1) is 0 Å². The van der Waals surface area contributed by atoms with Gasteiger partial charge in [0.25, 0.3) is 0 Å². The second kappa shape index (κ2) is 6.33. The lowest BCUT2D eigenvalue weighted by Gasteiger charge is -2.09. The molecule has 0 spiro atoms. The summed E-state index contributed by atoms with van der Waals surface area (Å²) in [5.74, 6) is 1.40. The predicted octanol–water partition coefficient (Wildman–Crippen LogP) is 1.94. The highest BCUT2D eigenvalue weighted by molar-refractivity contribution is 5.30. The molecular formula is C14H20N4O. The molecule has 0 unspecified atom stereocenters. The van der Waals surface area contributed by atoms with Crippen LogP contribution in [0.3, 0.4) is 0 Å². The fourth-order valence-corrected chi connectivity index (χ4v) is 1.76. The van der Waals surface area contributed by atoms with Crippen molar-refractivity contribution in [1.29, 1.82) is 0 Å². The number of aromatic nitrogens is 3.